The van der Waals surface area contributed by atoms with Crippen LogP contribution in [-0.4, -0.2) is 88.4 Å². The fraction of sp³-hybridized carbons (Fsp3) is 0.538. The molecular weight excluding hydrogens is 478 g/mol. The molecule has 0 radical (unpaired) electrons. The van der Waals surface area contributed by atoms with E-state index >= 15 is 0 Å². The zero-order valence-electron chi connectivity index (χ0n) is 21.4. The van der Waals surface area contributed by atoms with Gasteiger partial charge in [0.05, 0.1) is 32.1 Å². The second-order valence-electron chi connectivity index (χ2n) is 9.14. The molecule has 1 aliphatic heterocycles. The van der Waals surface area contributed by atoms with Crippen LogP contribution in [0, 0.1) is 6.92 Å². The van der Waals surface area contributed by atoms with Crippen molar-refractivity contribution < 1.29 is 19.1 Å². The van der Waals surface area contributed by atoms with Crippen molar-refractivity contribution in [2.45, 2.75) is 51.2 Å². The molecule has 1 aromatic heterocycles. The normalized spacial score (nSPS) is 16.2. The molecule has 1 unspecified atom stereocenters. The van der Waals surface area contributed by atoms with E-state index in [9.17, 15) is 14.4 Å². The van der Waals surface area contributed by atoms with Gasteiger partial charge >= 0.3 is 5.97 Å². The summed E-state index contributed by atoms with van der Waals surface area (Å²) in [7, 11) is 1.33. The van der Waals surface area contributed by atoms with Crippen molar-refractivity contribution in [2.75, 3.05) is 38.8 Å². The van der Waals surface area contributed by atoms with Gasteiger partial charge in [0, 0.05) is 31.9 Å². The zero-order valence-corrected chi connectivity index (χ0v) is 22.2. The number of aromatic nitrogens is 2. The van der Waals surface area contributed by atoms with E-state index in [1.807, 2.05) is 23.3 Å². The first kappa shape index (κ1) is 27.7. The van der Waals surface area contributed by atoms with E-state index in [1.54, 1.807) is 24.3 Å². The molecule has 2 N–H and O–H groups in total. The molecule has 3 rings (SSSR count). The number of imidazole rings is 1. The monoisotopic (exact) mass is 515 g/mol. The van der Waals surface area contributed by atoms with Crippen LogP contribution in [0.25, 0.3) is 0 Å². The van der Waals surface area contributed by atoms with Crippen LogP contribution >= 0.6 is 11.8 Å². The van der Waals surface area contributed by atoms with Gasteiger partial charge in [0.2, 0.25) is 11.8 Å². The smallest absolute Gasteiger partial charge is 0.328 e. The van der Waals surface area contributed by atoms with Crippen molar-refractivity contribution in [3.05, 3.63) is 53.6 Å². The number of rotatable bonds is 13. The summed E-state index contributed by atoms with van der Waals surface area (Å²) >= 11 is 1.61. The Bertz CT molecular complexity index is 1000. The van der Waals surface area contributed by atoms with E-state index in [0.717, 1.165) is 35.4 Å². The zero-order chi connectivity index (χ0) is 25.9. The standard InChI is InChI=1S/C26H37N5O4S/c1-19-7-4-5-8-20(19)15-30(17-24(32)29-23(10-12-36-3)26(34)35-2)16-22-9-6-11-31(22)25(33)13-21-14-27-18-28-21/h4-5,7-8,14,18,22-23H,6,9-13,15-17H2,1-3H3,(H,27,28)(H,29,32)/t22-,23?/m0/s1. The first-order chi connectivity index (χ1) is 17.4. The largest absolute Gasteiger partial charge is 0.467 e. The maximum absolute atomic E-state index is 13.1. The van der Waals surface area contributed by atoms with Crippen molar-refractivity contribution in [1.82, 2.24) is 25.1 Å². The molecule has 0 bridgehead atoms. The predicted octanol–water partition coefficient (Wildman–Crippen LogP) is 2.16. The van der Waals surface area contributed by atoms with Gasteiger partial charge in [-0.25, -0.2) is 9.78 Å². The number of H-pyrrole nitrogens is 1. The maximum Gasteiger partial charge on any atom is 0.328 e. The number of methoxy groups -OCH3 is 1. The number of likely N-dealkylation sites (tertiary alicyclic amines) is 1. The maximum atomic E-state index is 13.1. The molecule has 0 spiro atoms. The third kappa shape index (κ3) is 8.09. The molecule has 2 atom stereocenters. The lowest BCUT2D eigenvalue weighted by Crippen LogP contribution is -2.49. The fourth-order valence-corrected chi connectivity index (χ4v) is 5.05. The lowest BCUT2D eigenvalue weighted by Gasteiger charge is -2.31. The molecule has 1 fully saturated rings. The summed E-state index contributed by atoms with van der Waals surface area (Å²) in [6.07, 6.45) is 7.86. The van der Waals surface area contributed by atoms with Gasteiger partial charge in [-0.3, -0.25) is 14.5 Å². The van der Waals surface area contributed by atoms with Gasteiger partial charge in [-0.15, -0.1) is 0 Å². The molecule has 10 heteroatoms. The van der Waals surface area contributed by atoms with Gasteiger partial charge in [0.1, 0.15) is 6.04 Å². The number of benzene rings is 1. The molecule has 196 valence electrons. The summed E-state index contributed by atoms with van der Waals surface area (Å²) in [4.78, 5) is 49.3. The van der Waals surface area contributed by atoms with Crippen LogP contribution < -0.4 is 5.32 Å². The molecule has 1 aliphatic rings. The fourth-order valence-electron chi connectivity index (χ4n) is 4.58. The number of nitrogens with one attached hydrogen (secondary N) is 2. The first-order valence-electron chi connectivity index (χ1n) is 12.3. The Balaban J connectivity index is 1.70. The average molecular weight is 516 g/mol. The van der Waals surface area contributed by atoms with Gasteiger partial charge in [-0.1, -0.05) is 24.3 Å². The minimum absolute atomic E-state index is 0.0150. The average Bonchev–Trinajstić information content (AvgIpc) is 3.54. The number of hydrogen-bond acceptors (Lipinski definition) is 7. The highest BCUT2D eigenvalue weighted by molar-refractivity contribution is 7.98. The highest BCUT2D eigenvalue weighted by Crippen LogP contribution is 2.21. The summed E-state index contributed by atoms with van der Waals surface area (Å²) in [6, 6.07) is 7.44. The number of aromatic amines is 1. The Morgan fingerprint density at radius 2 is 2.14 bits per heavy atom. The van der Waals surface area contributed by atoms with Crippen LogP contribution in [0.4, 0.5) is 0 Å². The Hall–Kier alpha value is -2.85. The number of ether oxygens (including phenoxy) is 1. The van der Waals surface area contributed by atoms with E-state index in [0.29, 0.717) is 26.1 Å². The van der Waals surface area contributed by atoms with Crippen LogP contribution in [0.15, 0.2) is 36.8 Å². The summed E-state index contributed by atoms with van der Waals surface area (Å²) in [5.41, 5.74) is 3.00. The summed E-state index contributed by atoms with van der Waals surface area (Å²) in [6.45, 7) is 4.03. The number of hydrogen-bond donors (Lipinski definition) is 2. The lowest BCUT2D eigenvalue weighted by molar-refractivity contribution is -0.145. The molecular formula is C26H37N5O4S. The Kier molecular flexibility index (Phi) is 10.8. The molecule has 2 amide bonds. The van der Waals surface area contributed by atoms with Crippen LogP contribution in [0.3, 0.4) is 0 Å². The molecule has 2 heterocycles. The van der Waals surface area contributed by atoms with E-state index in [-0.39, 0.29) is 30.8 Å². The molecule has 1 aromatic carbocycles. The predicted molar refractivity (Wildman–Crippen MR) is 140 cm³/mol. The summed E-state index contributed by atoms with van der Waals surface area (Å²) in [5, 5.41) is 2.86. The highest BCUT2D eigenvalue weighted by atomic mass is 32.2. The summed E-state index contributed by atoms with van der Waals surface area (Å²) < 4.78 is 4.89. The minimum atomic E-state index is -0.673. The molecule has 2 aromatic rings. The van der Waals surface area contributed by atoms with E-state index in [1.165, 1.54) is 7.11 Å². The number of carbonyl (C=O) groups excluding carboxylic acids is 3. The number of thioether (sulfide) groups is 1. The van der Waals surface area contributed by atoms with Gasteiger partial charge in [-0.2, -0.15) is 11.8 Å². The Morgan fingerprint density at radius 3 is 2.83 bits per heavy atom. The van der Waals surface area contributed by atoms with Crippen molar-refractivity contribution in [3.63, 3.8) is 0 Å². The number of aryl methyl sites for hydroxylation is 1. The van der Waals surface area contributed by atoms with Crippen molar-refractivity contribution in [2.24, 2.45) is 0 Å². The Labute approximate surface area is 217 Å². The number of nitrogens with zero attached hydrogens (tertiary/aromatic N) is 3. The van der Waals surface area contributed by atoms with Crippen LogP contribution in [0.5, 0.6) is 0 Å². The second-order valence-corrected chi connectivity index (χ2v) is 10.1. The highest BCUT2D eigenvalue weighted by Gasteiger charge is 2.31. The molecule has 36 heavy (non-hydrogen) atoms. The SMILES string of the molecule is COC(=O)C(CCSC)NC(=O)CN(Cc1ccccc1C)C[C@@H]1CCCN1C(=O)Cc1c[nH]cn1. The number of amides is 2. The van der Waals surface area contributed by atoms with Crippen molar-refractivity contribution in [1.29, 1.82) is 0 Å². The Morgan fingerprint density at radius 1 is 1.33 bits per heavy atom. The topological polar surface area (TPSA) is 108 Å². The molecule has 0 aliphatic carbocycles. The van der Waals surface area contributed by atoms with Crippen molar-refractivity contribution in [3.8, 4) is 0 Å². The van der Waals surface area contributed by atoms with E-state index in [2.05, 4.69) is 39.2 Å². The molecule has 0 saturated carbocycles. The third-order valence-electron chi connectivity index (χ3n) is 6.51. The summed E-state index contributed by atoms with van der Waals surface area (Å²) in [5.74, 6) is 0.122. The van der Waals surface area contributed by atoms with E-state index < -0.39 is 12.0 Å². The van der Waals surface area contributed by atoms with Gasteiger partial charge < -0.3 is 19.9 Å². The van der Waals surface area contributed by atoms with E-state index in [4.69, 9.17) is 4.74 Å². The number of carbonyl (C=O) groups is 3. The van der Waals surface area contributed by atoms with Crippen LogP contribution in [0.1, 0.15) is 36.1 Å². The molecule has 1 saturated heterocycles. The van der Waals surface area contributed by atoms with Crippen LogP contribution in [-0.2, 0) is 32.1 Å². The minimum Gasteiger partial charge on any atom is -0.467 e. The quantitative estimate of drug-likeness (QED) is 0.394. The van der Waals surface area contributed by atoms with Gasteiger partial charge in [0.25, 0.3) is 0 Å². The lowest BCUT2D eigenvalue weighted by atomic mass is 10.1. The third-order valence-corrected chi connectivity index (χ3v) is 7.15. The van der Waals surface area contributed by atoms with Crippen molar-refractivity contribution >= 4 is 29.5 Å². The van der Waals surface area contributed by atoms with Gasteiger partial charge in [0.15, 0.2) is 0 Å². The first-order valence-corrected chi connectivity index (χ1v) is 13.7. The number of esters is 1. The molecule has 9 nitrogen and oxygen atoms in total. The van der Waals surface area contributed by atoms with Crippen LogP contribution in [0.2, 0.25) is 0 Å². The second kappa shape index (κ2) is 14.0. The van der Waals surface area contributed by atoms with Gasteiger partial charge in [-0.05, 0) is 49.3 Å².